The van der Waals surface area contributed by atoms with Crippen LogP contribution in [0.15, 0.2) is 0 Å². The standard InChI is InChI=1S/C9H20N2O2S/c1-14(12,13)9-8-11-6-2-4-10-5-3-7-11/h10H,2-9H2,1H3. The Hall–Kier alpha value is -0.130. The van der Waals surface area contributed by atoms with Gasteiger partial charge in [0.1, 0.15) is 9.84 Å². The second kappa shape index (κ2) is 5.68. The summed E-state index contributed by atoms with van der Waals surface area (Å²) in [6.45, 7) is 4.83. The first kappa shape index (κ1) is 11.9. The lowest BCUT2D eigenvalue weighted by atomic mass is 10.3. The Morgan fingerprint density at radius 3 is 2.29 bits per heavy atom. The van der Waals surface area contributed by atoms with Crippen LogP contribution in [0.5, 0.6) is 0 Å². The van der Waals surface area contributed by atoms with Gasteiger partial charge in [-0.25, -0.2) is 8.42 Å². The molecule has 0 aliphatic carbocycles. The van der Waals surface area contributed by atoms with E-state index < -0.39 is 9.84 Å². The van der Waals surface area contributed by atoms with Crippen LogP contribution >= 0.6 is 0 Å². The first-order chi connectivity index (χ1) is 6.58. The molecule has 0 bridgehead atoms. The normalized spacial score (nSPS) is 21.5. The van der Waals surface area contributed by atoms with E-state index in [0.29, 0.717) is 12.3 Å². The summed E-state index contributed by atoms with van der Waals surface area (Å²) in [7, 11) is -2.80. The van der Waals surface area contributed by atoms with Gasteiger partial charge in [-0.2, -0.15) is 0 Å². The van der Waals surface area contributed by atoms with Gasteiger partial charge >= 0.3 is 0 Å². The van der Waals surface area contributed by atoms with Crippen LogP contribution in [0.3, 0.4) is 0 Å². The van der Waals surface area contributed by atoms with Gasteiger partial charge in [-0.15, -0.1) is 0 Å². The molecular formula is C9H20N2O2S. The molecule has 1 N–H and O–H groups in total. The van der Waals surface area contributed by atoms with E-state index in [1.165, 1.54) is 6.26 Å². The number of hydrogen-bond acceptors (Lipinski definition) is 4. The zero-order chi connectivity index (χ0) is 10.4. The molecule has 0 amide bonds. The van der Waals surface area contributed by atoms with Crippen molar-refractivity contribution >= 4 is 9.84 Å². The summed E-state index contributed by atoms with van der Waals surface area (Å²) in [4.78, 5) is 2.25. The number of nitrogens with one attached hydrogen (secondary N) is 1. The van der Waals surface area contributed by atoms with Crippen molar-refractivity contribution < 1.29 is 8.42 Å². The van der Waals surface area contributed by atoms with Crippen molar-refractivity contribution in [2.45, 2.75) is 12.8 Å². The van der Waals surface area contributed by atoms with Crippen LogP contribution in [-0.4, -0.2) is 58.1 Å². The molecule has 1 rings (SSSR count). The molecule has 0 saturated carbocycles. The topological polar surface area (TPSA) is 49.4 Å². The molecule has 4 nitrogen and oxygen atoms in total. The maximum absolute atomic E-state index is 11.0. The molecule has 0 aromatic rings. The number of rotatable bonds is 3. The van der Waals surface area contributed by atoms with Crippen molar-refractivity contribution in [2.75, 3.05) is 44.7 Å². The highest BCUT2D eigenvalue weighted by molar-refractivity contribution is 7.90. The minimum Gasteiger partial charge on any atom is -0.317 e. The average Bonchev–Trinajstić information content (AvgIpc) is 2.00. The number of hydrogen-bond donors (Lipinski definition) is 1. The van der Waals surface area contributed by atoms with Crippen molar-refractivity contribution in [3.8, 4) is 0 Å². The van der Waals surface area contributed by atoms with E-state index in [1.807, 2.05) is 0 Å². The summed E-state index contributed by atoms with van der Waals surface area (Å²) < 4.78 is 22.0. The fraction of sp³-hybridized carbons (Fsp3) is 1.00. The highest BCUT2D eigenvalue weighted by atomic mass is 32.2. The van der Waals surface area contributed by atoms with Gasteiger partial charge in [0.2, 0.25) is 0 Å². The van der Waals surface area contributed by atoms with Gasteiger partial charge in [-0.1, -0.05) is 0 Å². The quantitative estimate of drug-likeness (QED) is 0.710. The zero-order valence-corrected chi connectivity index (χ0v) is 9.65. The van der Waals surface area contributed by atoms with Crippen LogP contribution in [0, 0.1) is 0 Å². The largest absolute Gasteiger partial charge is 0.317 e. The second-order valence-corrected chi connectivity index (χ2v) is 6.19. The molecule has 0 atom stereocenters. The minimum atomic E-state index is -2.80. The molecule has 0 unspecified atom stereocenters. The monoisotopic (exact) mass is 220 g/mol. The van der Waals surface area contributed by atoms with E-state index in [4.69, 9.17) is 0 Å². The van der Waals surface area contributed by atoms with E-state index in [2.05, 4.69) is 10.2 Å². The first-order valence-corrected chi connectivity index (χ1v) is 7.25. The van der Waals surface area contributed by atoms with E-state index in [9.17, 15) is 8.42 Å². The Morgan fingerprint density at radius 2 is 1.79 bits per heavy atom. The number of nitrogens with zero attached hydrogens (tertiary/aromatic N) is 1. The van der Waals surface area contributed by atoms with Crippen molar-refractivity contribution in [1.82, 2.24) is 10.2 Å². The molecule has 1 heterocycles. The third kappa shape index (κ3) is 5.57. The van der Waals surface area contributed by atoms with Gasteiger partial charge in [0.05, 0.1) is 5.75 Å². The Labute approximate surface area is 86.6 Å². The summed E-state index contributed by atoms with van der Waals surface area (Å²) in [5.74, 6) is 0.292. The predicted molar refractivity (Wildman–Crippen MR) is 58.3 cm³/mol. The van der Waals surface area contributed by atoms with Gasteiger partial charge < -0.3 is 10.2 Å². The fourth-order valence-electron chi connectivity index (χ4n) is 1.61. The average molecular weight is 220 g/mol. The van der Waals surface area contributed by atoms with Crippen molar-refractivity contribution in [3.63, 3.8) is 0 Å². The van der Waals surface area contributed by atoms with Crippen LogP contribution in [0.1, 0.15) is 12.8 Å². The lowest BCUT2D eigenvalue weighted by Crippen LogP contribution is -2.36. The molecule has 84 valence electrons. The van der Waals surface area contributed by atoms with Crippen LogP contribution in [0.2, 0.25) is 0 Å². The summed E-state index contributed by atoms with van der Waals surface area (Å²) in [6.07, 6.45) is 3.53. The third-order valence-electron chi connectivity index (χ3n) is 2.43. The molecule has 0 aromatic heterocycles. The van der Waals surface area contributed by atoms with Crippen molar-refractivity contribution in [3.05, 3.63) is 0 Å². The molecule has 5 heteroatoms. The Bertz CT molecular complexity index is 244. The van der Waals surface area contributed by atoms with Crippen LogP contribution in [0.4, 0.5) is 0 Å². The molecule has 14 heavy (non-hydrogen) atoms. The zero-order valence-electron chi connectivity index (χ0n) is 8.83. The lowest BCUT2D eigenvalue weighted by Gasteiger charge is -2.24. The van der Waals surface area contributed by atoms with Gasteiger partial charge in [-0.05, 0) is 39.0 Å². The predicted octanol–water partition coefficient (Wildman–Crippen LogP) is -0.284. The van der Waals surface area contributed by atoms with Crippen LogP contribution in [0.25, 0.3) is 0 Å². The maximum atomic E-state index is 11.0. The summed E-state index contributed by atoms with van der Waals surface area (Å²) in [6, 6.07) is 0. The maximum Gasteiger partial charge on any atom is 0.148 e. The highest BCUT2D eigenvalue weighted by Crippen LogP contribution is 1.98. The summed E-state index contributed by atoms with van der Waals surface area (Å²) >= 11 is 0. The molecule has 1 saturated heterocycles. The Morgan fingerprint density at radius 1 is 1.21 bits per heavy atom. The molecular weight excluding hydrogens is 200 g/mol. The molecule has 1 aliphatic rings. The fourth-order valence-corrected chi connectivity index (χ4v) is 2.20. The van der Waals surface area contributed by atoms with Crippen molar-refractivity contribution in [1.29, 1.82) is 0 Å². The molecule has 0 spiro atoms. The highest BCUT2D eigenvalue weighted by Gasteiger charge is 2.10. The second-order valence-electron chi connectivity index (χ2n) is 3.93. The van der Waals surface area contributed by atoms with E-state index in [1.54, 1.807) is 0 Å². The SMILES string of the molecule is CS(=O)(=O)CCN1CCCNCCC1. The Balaban J connectivity index is 2.27. The van der Waals surface area contributed by atoms with E-state index >= 15 is 0 Å². The first-order valence-electron chi connectivity index (χ1n) is 5.19. The number of sulfone groups is 1. The third-order valence-corrected chi connectivity index (χ3v) is 3.36. The van der Waals surface area contributed by atoms with Gasteiger partial charge in [-0.3, -0.25) is 0 Å². The molecule has 0 radical (unpaired) electrons. The summed E-state index contributed by atoms with van der Waals surface area (Å²) in [5, 5.41) is 3.34. The minimum absolute atomic E-state index is 0.292. The smallest absolute Gasteiger partial charge is 0.148 e. The van der Waals surface area contributed by atoms with Gasteiger partial charge in [0.15, 0.2) is 0 Å². The van der Waals surface area contributed by atoms with E-state index in [0.717, 1.165) is 39.0 Å². The van der Waals surface area contributed by atoms with E-state index in [-0.39, 0.29) is 0 Å². The molecule has 1 aliphatic heterocycles. The summed E-state index contributed by atoms with van der Waals surface area (Å²) in [5.41, 5.74) is 0. The van der Waals surface area contributed by atoms with Crippen molar-refractivity contribution in [2.24, 2.45) is 0 Å². The Kier molecular flexibility index (Phi) is 4.84. The van der Waals surface area contributed by atoms with Crippen LogP contribution in [-0.2, 0) is 9.84 Å². The van der Waals surface area contributed by atoms with Gasteiger partial charge in [0.25, 0.3) is 0 Å². The molecule has 0 aromatic carbocycles. The lowest BCUT2D eigenvalue weighted by molar-refractivity contribution is 0.266. The molecule has 1 fully saturated rings. The van der Waals surface area contributed by atoms with Gasteiger partial charge in [0, 0.05) is 12.8 Å². The van der Waals surface area contributed by atoms with Crippen LogP contribution < -0.4 is 5.32 Å².